The average Bonchev–Trinajstić information content (AvgIpc) is 3.92. The first kappa shape index (κ1) is 30.7. The molecule has 3 nitrogen and oxygen atoms in total. The summed E-state index contributed by atoms with van der Waals surface area (Å²) in [7, 11) is 0. The number of hydrogen-bond acceptors (Lipinski definition) is 0. The van der Waals surface area contributed by atoms with Crippen molar-refractivity contribution in [3.05, 3.63) is 200 Å². The van der Waals surface area contributed by atoms with Crippen molar-refractivity contribution in [2.75, 3.05) is 0 Å². The second-order valence-corrected chi connectivity index (χ2v) is 15.3. The van der Waals surface area contributed by atoms with Crippen LogP contribution in [0.3, 0.4) is 0 Å². The smallest absolute Gasteiger partial charge is 0.0548 e. The monoisotopic (exact) mass is 723 g/mol. The average molecular weight is 724 g/mol. The minimum Gasteiger partial charge on any atom is -0.309 e. The maximum Gasteiger partial charge on any atom is 0.0548 e. The lowest BCUT2D eigenvalue weighted by atomic mass is 9.94. The lowest BCUT2D eigenvalue weighted by Gasteiger charge is -2.14. The van der Waals surface area contributed by atoms with Gasteiger partial charge in [-0.1, -0.05) is 127 Å². The van der Waals surface area contributed by atoms with Crippen molar-refractivity contribution >= 4 is 97.7 Å². The third-order valence-electron chi connectivity index (χ3n) is 12.4. The predicted octanol–water partition coefficient (Wildman–Crippen LogP) is 14.4. The Labute approximate surface area is 327 Å². The Morgan fingerprint density at radius 3 is 1.11 bits per heavy atom. The number of fused-ring (bicyclic) bond motifs is 16. The van der Waals surface area contributed by atoms with Crippen LogP contribution in [0.2, 0.25) is 0 Å². The first-order valence-corrected chi connectivity index (χ1v) is 19.7. The number of para-hydroxylation sites is 4. The summed E-state index contributed by atoms with van der Waals surface area (Å²) < 4.78 is 7.33. The van der Waals surface area contributed by atoms with Gasteiger partial charge in [0.2, 0.25) is 0 Å². The van der Waals surface area contributed by atoms with E-state index < -0.39 is 0 Å². The molecule has 0 aliphatic heterocycles. The van der Waals surface area contributed by atoms with Crippen molar-refractivity contribution in [2.24, 2.45) is 0 Å². The molecule has 0 saturated heterocycles. The fourth-order valence-electron chi connectivity index (χ4n) is 10.1. The zero-order valence-corrected chi connectivity index (χ0v) is 30.9. The number of hydrogen-bond donors (Lipinski definition) is 0. The molecule has 0 unspecified atom stereocenters. The van der Waals surface area contributed by atoms with Crippen LogP contribution in [-0.2, 0) is 0 Å². The summed E-state index contributed by atoms with van der Waals surface area (Å²) in [5, 5.41) is 15.3. The number of benzene rings is 10. The summed E-state index contributed by atoms with van der Waals surface area (Å²) in [6.45, 7) is 0. The summed E-state index contributed by atoms with van der Waals surface area (Å²) >= 11 is 0. The highest BCUT2D eigenvalue weighted by Crippen LogP contribution is 2.44. The Morgan fingerprint density at radius 2 is 0.544 bits per heavy atom. The van der Waals surface area contributed by atoms with Crippen LogP contribution in [0.25, 0.3) is 115 Å². The van der Waals surface area contributed by atoms with Gasteiger partial charge in [-0.3, -0.25) is 0 Å². The van der Waals surface area contributed by atoms with Crippen LogP contribution in [0.4, 0.5) is 0 Å². The molecular weight excluding hydrogens is 691 g/mol. The minimum atomic E-state index is 1.15. The van der Waals surface area contributed by atoms with Gasteiger partial charge in [0.1, 0.15) is 0 Å². The molecule has 0 atom stereocenters. The molecule has 0 spiro atoms. The molecule has 0 aliphatic carbocycles. The van der Waals surface area contributed by atoms with E-state index in [-0.39, 0.29) is 0 Å². The molecule has 0 amide bonds. The van der Waals surface area contributed by atoms with Crippen LogP contribution in [0.15, 0.2) is 200 Å². The summed E-state index contributed by atoms with van der Waals surface area (Å²) in [5.41, 5.74) is 10.7. The topological polar surface area (TPSA) is 14.8 Å². The third-order valence-corrected chi connectivity index (χ3v) is 12.4. The number of aromatic nitrogens is 3. The van der Waals surface area contributed by atoms with Crippen molar-refractivity contribution in [3.63, 3.8) is 0 Å². The van der Waals surface area contributed by atoms with E-state index in [2.05, 4.69) is 214 Å². The van der Waals surface area contributed by atoms with Gasteiger partial charge in [-0.2, -0.15) is 0 Å². The molecule has 0 fully saturated rings. The predicted molar refractivity (Wildman–Crippen MR) is 242 cm³/mol. The Hall–Kier alpha value is -7.62. The maximum atomic E-state index is 2.48. The Kier molecular flexibility index (Phi) is 6.16. The molecule has 13 aromatic rings. The Bertz CT molecular complexity index is 3770. The van der Waals surface area contributed by atoms with E-state index in [1.165, 1.54) is 103 Å². The van der Waals surface area contributed by atoms with E-state index in [1.807, 2.05) is 0 Å². The minimum absolute atomic E-state index is 1.15. The van der Waals surface area contributed by atoms with Gasteiger partial charge >= 0.3 is 0 Å². The van der Waals surface area contributed by atoms with Crippen molar-refractivity contribution in [1.82, 2.24) is 13.7 Å². The maximum absolute atomic E-state index is 2.48. The van der Waals surface area contributed by atoms with Gasteiger partial charge in [0.15, 0.2) is 0 Å². The lowest BCUT2D eigenvalue weighted by molar-refractivity contribution is 1.16. The van der Waals surface area contributed by atoms with Crippen LogP contribution < -0.4 is 0 Å². The molecule has 3 heteroatoms. The molecule has 264 valence electrons. The van der Waals surface area contributed by atoms with Gasteiger partial charge in [0.05, 0.1) is 33.1 Å². The van der Waals surface area contributed by atoms with E-state index in [0.717, 1.165) is 11.4 Å². The van der Waals surface area contributed by atoms with Gasteiger partial charge in [0, 0.05) is 49.4 Å². The van der Waals surface area contributed by atoms with Crippen molar-refractivity contribution in [1.29, 1.82) is 0 Å². The van der Waals surface area contributed by atoms with E-state index >= 15 is 0 Å². The molecule has 3 heterocycles. The van der Waals surface area contributed by atoms with E-state index in [0.29, 0.717) is 0 Å². The Balaban J connectivity index is 1.10. The fraction of sp³-hybridized carbons (Fsp3) is 0. The fourth-order valence-corrected chi connectivity index (χ4v) is 10.1. The Morgan fingerprint density at radius 1 is 0.193 bits per heavy atom. The molecule has 10 aromatic carbocycles. The summed E-state index contributed by atoms with van der Waals surface area (Å²) in [6.07, 6.45) is 0. The van der Waals surface area contributed by atoms with Crippen molar-refractivity contribution in [3.8, 4) is 17.1 Å². The molecule has 0 bridgehead atoms. The van der Waals surface area contributed by atoms with Crippen LogP contribution >= 0.6 is 0 Å². The van der Waals surface area contributed by atoms with Crippen LogP contribution in [0.1, 0.15) is 0 Å². The van der Waals surface area contributed by atoms with Crippen LogP contribution in [0, 0.1) is 0 Å². The number of rotatable bonds is 3. The molecule has 0 aliphatic rings. The second-order valence-electron chi connectivity index (χ2n) is 15.3. The molecule has 57 heavy (non-hydrogen) atoms. The third kappa shape index (κ3) is 4.15. The standard InChI is InChI=1S/C54H33N3/c1-2-14-34(15-3-1)55-47-23-11-8-20-42(47)46-33-36(27-29-50(46)55)57-49-25-13-10-22-44(49)54-52(57)31-30-51-53(54)43-21-9-12-24-48(43)56(51)35-26-28-41-39-18-5-4-16-37(39)38-17-6-7-19-40(38)45(41)32-35/h1-33H. The molecule has 0 N–H and O–H groups in total. The normalized spacial score (nSPS) is 12.2. The summed E-state index contributed by atoms with van der Waals surface area (Å²) in [5.74, 6) is 0. The second kappa shape index (κ2) is 11.5. The molecule has 0 saturated carbocycles. The molecule has 13 rings (SSSR count). The van der Waals surface area contributed by atoms with Gasteiger partial charge in [-0.25, -0.2) is 0 Å². The zero-order valence-electron chi connectivity index (χ0n) is 30.9. The number of nitrogens with zero attached hydrogens (tertiary/aromatic N) is 3. The summed E-state index contributed by atoms with van der Waals surface area (Å²) in [6, 6.07) is 73.7. The van der Waals surface area contributed by atoms with E-state index in [4.69, 9.17) is 0 Å². The highest BCUT2D eigenvalue weighted by molar-refractivity contribution is 6.30. The zero-order chi connectivity index (χ0) is 37.2. The van der Waals surface area contributed by atoms with Gasteiger partial charge in [0.25, 0.3) is 0 Å². The SMILES string of the molecule is c1ccc(-n2c3ccccc3c3cc(-n4c5ccccc5c5c6c7ccccc7n(-c7ccc8c9ccccc9c9ccccc9c8c7)c6ccc54)ccc32)cc1. The molecular formula is C54H33N3. The van der Waals surface area contributed by atoms with E-state index in [9.17, 15) is 0 Å². The quantitative estimate of drug-likeness (QED) is 0.161. The van der Waals surface area contributed by atoms with Gasteiger partial charge in [-0.05, 0) is 105 Å². The van der Waals surface area contributed by atoms with Crippen LogP contribution in [-0.4, -0.2) is 13.7 Å². The van der Waals surface area contributed by atoms with Gasteiger partial charge < -0.3 is 13.7 Å². The lowest BCUT2D eigenvalue weighted by Crippen LogP contribution is -1.96. The largest absolute Gasteiger partial charge is 0.309 e. The van der Waals surface area contributed by atoms with Crippen molar-refractivity contribution in [2.45, 2.75) is 0 Å². The first-order valence-electron chi connectivity index (χ1n) is 19.7. The molecule has 0 radical (unpaired) electrons. The highest BCUT2D eigenvalue weighted by Gasteiger charge is 2.22. The van der Waals surface area contributed by atoms with E-state index in [1.54, 1.807) is 0 Å². The first-order chi connectivity index (χ1) is 28.3. The van der Waals surface area contributed by atoms with Gasteiger partial charge in [-0.15, -0.1) is 0 Å². The summed E-state index contributed by atoms with van der Waals surface area (Å²) in [4.78, 5) is 0. The van der Waals surface area contributed by atoms with Crippen molar-refractivity contribution < 1.29 is 0 Å². The van der Waals surface area contributed by atoms with Crippen LogP contribution in [0.5, 0.6) is 0 Å². The highest BCUT2D eigenvalue weighted by atomic mass is 15.0. The molecule has 3 aromatic heterocycles.